The molecular formula is C18H19N5O4S3. The van der Waals surface area contributed by atoms with Crippen LogP contribution in [0.1, 0.15) is 5.56 Å². The Hall–Kier alpha value is -2.67. The summed E-state index contributed by atoms with van der Waals surface area (Å²) in [5.41, 5.74) is 1.70. The summed E-state index contributed by atoms with van der Waals surface area (Å²) in [4.78, 5) is 12.2. The van der Waals surface area contributed by atoms with Gasteiger partial charge in [-0.15, -0.1) is 10.2 Å². The molecule has 3 aromatic rings. The largest absolute Gasteiger partial charge is 0.497 e. The zero-order valence-electron chi connectivity index (χ0n) is 16.1. The van der Waals surface area contributed by atoms with E-state index in [9.17, 15) is 13.2 Å². The molecule has 0 spiro atoms. The number of amides is 1. The number of anilines is 3. The van der Waals surface area contributed by atoms with Crippen LogP contribution in [-0.4, -0.2) is 37.4 Å². The molecule has 0 saturated carbocycles. The molecule has 2 aromatic carbocycles. The van der Waals surface area contributed by atoms with Gasteiger partial charge in [0.1, 0.15) is 5.75 Å². The van der Waals surface area contributed by atoms with Crippen molar-refractivity contribution in [1.82, 2.24) is 10.2 Å². The van der Waals surface area contributed by atoms with Gasteiger partial charge >= 0.3 is 0 Å². The van der Waals surface area contributed by atoms with E-state index in [0.29, 0.717) is 20.7 Å². The third-order valence-electron chi connectivity index (χ3n) is 3.85. The van der Waals surface area contributed by atoms with E-state index in [0.717, 1.165) is 11.4 Å². The Morgan fingerprint density at radius 3 is 2.53 bits per heavy atom. The highest BCUT2D eigenvalue weighted by molar-refractivity contribution is 8.01. The molecule has 0 radical (unpaired) electrons. The summed E-state index contributed by atoms with van der Waals surface area (Å²) in [5, 5.41) is 19.7. The fraction of sp³-hybridized carbons (Fsp3) is 0.167. The molecule has 9 nitrogen and oxygen atoms in total. The van der Waals surface area contributed by atoms with Crippen molar-refractivity contribution in [3.8, 4) is 5.75 Å². The van der Waals surface area contributed by atoms with Crippen molar-refractivity contribution in [3.05, 3.63) is 48.0 Å². The van der Waals surface area contributed by atoms with Crippen LogP contribution in [0.25, 0.3) is 0 Å². The summed E-state index contributed by atoms with van der Waals surface area (Å²) in [6.07, 6.45) is 0. The number of carbonyl (C=O) groups is 1. The Kier molecular flexibility index (Phi) is 6.92. The molecule has 0 saturated heterocycles. The molecular weight excluding hydrogens is 446 g/mol. The average Bonchev–Trinajstić information content (AvgIpc) is 3.15. The highest BCUT2D eigenvalue weighted by Gasteiger charge is 2.14. The van der Waals surface area contributed by atoms with Crippen molar-refractivity contribution in [2.45, 2.75) is 16.2 Å². The van der Waals surface area contributed by atoms with Crippen LogP contribution in [0.2, 0.25) is 0 Å². The summed E-state index contributed by atoms with van der Waals surface area (Å²) in [7, 11) is -2.26. The first-order chi connectivity index (χ1) is 14.2. The first-order valence-corrected chi connectivity index (χ1v) is 11.9. The van der Waals surface area contributed by atoms with Gasteiger partial charge in [0.05, 0.1) is 17.8 Å². The number of hydrogen-bond acceptors (Lipinski definition) is 9. The van der Waals surface area contributed by atoms with Crippen molar-refractivity contribution in [2.75, 3.05) is 23.5 Å². The predicted molar refractivity (Wildman–Crippen MR) is 118 cm³/mol. The number of hydrogen-bond donors (Lipinski definition) is 3. The molecule has 0 atom stereocenters. The molecule has 0 fully saturated rings. The minimum absolute atomic E-state index is 0.0219. The van der Waals surface area contributed by atoms with E-state index >= 15 is 0 Å². The first kappa shape index (κ1) is 22.0. The number of benzene rings is 2. The lowest BCUT2D eigenvalue weighted by atomic mass is 10.2. The normalized spacial score (nSPS) is 11.2. The summed E-state index contributed by atoms with van der Waals surface area (Å²) in [6, 6.07) is 11.9. The van der Waals surface area contributed by atoms with Gasteiger partial charge < -0.3 is 15.4 Å². The lowest BCUT2D eigenvalue weighted by Gasteiger charge is -2.08. The highest BCUT2D eigenvalue weighted by Crippen LogP contribution is 2.28. The summed E-state index contributed by atoms with van der Waals surface area (Å²) in [5.74, 6) is 0.546. The molecule has 4 N–H and O–H groups in total. The van der Waals surface area contributed by atoms with Crippen LogP contribution in [0.3, 0.4) is 0 Å². The van der Waals surface area contributed by atoms with Crippen LogP contribution in [0, 0.1) is 6.92 Å². The second kappa shape index (κ2) is 9.43. The van der Waals surface area contributed by atoms with Gasteiger partial charge in [-0.2, -0.15) is 0 Å². The Bertz CT molecular complexity index is 1150. The molecule has 12 heteroatoms. The molecule has 0 unspecified atom stereocenters. The number of primary sulfonamides is 1. The van der Waals surface area contributed by atoms with Crippen molar-refractivity contribution >= 4 is 55.5 Å². The van der Waals surface area contributed by atoms with Crippen molar-refractivity contribution in [2.24, 2.45) is 5.14 Å². The number of nitrogens with one attached hydrogen (secondary N) is 2. The predicted octanol–water partition coefficient (Wildman–Crippen LogP) is 2.98. The van der Waals surface area contributed by atoms with Crippen molar-refractivity contribution in [1.29, 1.82) is 0 Å². The van der Waals surface area contributed by atoms with E-state index in [-0.39, 0.29) is 16.6 Å². The third kappa shape index (κ3) is 5.92. The van der Waals surface area contributed by atoms with Crippen LogP contribution in [0.4, 0.5) is 16.5 Å². The standard InChI is InChI=1S/C18H19N5O4S3/c1-11-3-4-13(9-15(11)30(19,25)26)20-16(24)10-28-18-23-22-17(29-18)21-12-5-7-14(27-2)8-6-12/h3-9H,10H2,1-2H3,(H,20,24)(H,21,22)(H2,19,25,26). The number of aromatic nitrogens is 2. The number of carbonyl (C=O) groups excluding carboxylic acids is 1. The molecule has 30 heavy (non-hydrogen) atoms. The van der Waals surface area contributed by atoms with Gasteiger partial charge in [-0.1, -0.05) is 29.2 Å². The number of thioether (sulfide) groups is 1. The summed E-state index contributed by atoms with van der Waals surface area (Å²) < 4.78 is 28.9. The molecule has 1 amide bonds. The van der Waals surface area contributed by atoms with E-state index in [1.807, 2.05) is 24.3 Å². The molecule has 0 aliphatic carbocycles. The number of aryl methyl sites for hydroxylation is 1. The molecule has 0 bridgehead atoms. The average molecular weight is 466 g/mol. The summed E-state index contributed by atoms with van der Waals surface area (Å²) >= 11 is 2.54. The fourth-order valence-corrected chi connectivity index (χ4v) is 4.81. The van der Waals surface area contributed by atoms with E-state index in [2.05, 4.69) is 20.8 Å². The Morgan fingerprint density at radius 1 is 1.17 bits per heavy atom. The second-order valence-corrected chi connectivity index (χ2v) is 9.82. The Morgan fingerprint density at radius 2 is 1.87 bits per heavy atom. The maximum Gasteiger partial charge on any atom is 0.238 e. The van der Waals surface area contributed by atoms with Gasteiger partial charge in [0.2, 0.25) is 21.1 Å². The molecule has 1 aromatic heterocycles. The minimum Gasteiger partial charge on any atom is -0.497 e. The van der Waals surface area contributed by atoms with Crippen LogP contribution < -0.4 is 20.5 Å². The second-order valence-electron chi connectivity index (χ2n) is 6.09. The smallest absolute Gasteiger partial charge is 0.238 e. The number of nitrogens with two attached hydrogens (primary N) is 1. The van der Waals surface area contributed by atoms with Crippen molar-refractivity contribution in [3.63, 3.8) is 0 Å². The maximum absolute atomic E-state index is 12.2. The molecule has 158 valence electrons. The van der Waals surface area contributed by atoms with Gasteiger partial charge in [0, 0.05) is 11.4 Å². The van der Waals surface area contributed by atoms with Gasteiger partial charge in [-0.05, 0) is 48.9 Å². The molecule has 3 rings (SSSR count). The monoisotopic (exact) mass is 465 g/mol. The number of rotatable bonds is 8. The van der Waals surface area contributed by atoms with Gasteiger partial charge in [0.15, 0.2) is 4.34 Å². The molecule has 1 heterocycles. The van der Waals surface area contributed by atoms with Crippen LogP contribution in [-0.2, 0) is 14.8 Å². The third-order valence-corrected chi connectivity index (χ3v) is 6.88. The number of methoxy groups -OCH3 is 1. The van der Waals surface area contributed by atoms with E-state index < -0.39 is 10.0 Å². The van der Waals surface area contributed by atoms with E-state index in [1.54, 1.807) is 26.2 Å². The number of nitrogens with zero attached hydrogens (tertiary/aromatic N) is 2. The molecule has 0 aliphatic rings. The first-order valence-electron chi connectivity index (χ1n) is 8.55. The van der Waals surface area contributed by atoms with Crippen LogP contribution in [0.5, 0.6) is 5.75 Å². The van der Waals surface area contributed by atoms with Gasteiger partial charge in [0.25, 0.3) is 0 Å². The van der Waals surface area contributed by atoms with E-state index in [1.165, 1.54) is 29.2 Å². The zero-order chi connectivity index (χ0) is 21.7. The summed E-state index contributed by atoms with van der Waals surface area (Å²) in [6.45, 7) is 1.63. The maximum atomic E-state index is 12.2. The number of ether oxygens (including phenoxy) is 1. The van der Waals surface area contributed by atoms with Gasteiger partial charge in [-0.25, -0.2) is 13.6 Å². The quantitative estimate of drug-likeness (QED) is 0.432. The highest BCUT2D eigenvalue weighted by atomic mass is 32.2. The Labute approximate surface area is 182 Å². The van der Waals surface area contributed by atoms with Crippen LogP contribution >= 0.6 is 23.1 Å². The fourth-order valence-electron chi connectivity index (χ4n) is 2.43. The topological polar surface area (TPSA) is 136 Å². The lowest BCUT2D eigenvalue weighted by molar-refractivity contribution is -0.113. The zero-order valence-corrected chi connectivity index (χ0v) is 18.5. The van der Waals surface area contributed by atoms with Gasteiger partial charge in [-0.3, -0.25) is 4.79 Å². The SMILES string of the molecule is COc1ccc(Nc2nnc(SCC(=O)Nc3ccc(C)c(S(N)(=O)=O)c3)s2)cc1. The minimum atomic E-state index is -3.86. The molecule has 0 aliphatic heterocycles. The number of sulfonamides is 1. The van der Waals surface area contributed by atoms with Crippen LogP contribution in [0.15, 0.2) is 51.7 Å². The lowest BCUT2D eigenvalue weighted by Crippen LogP contribution is -2.17. The Balaban J connectivity index is 1.55. The van der Waals surface area contributed by atoms with Crippen molar-refractivity contribution < 1.29 is 17.9 Å². The van der Waals surface area contributed by atoms with E-state index in [4.69, 9.17) is 9.88 Å².